The molecule has 0 unspecified atom stereocenters. The van der Waals surface area contributed by atoms with E-state index in [4.69, 9.17) is 11.6 Å². The zero-order chi connectivity index (χ0) is 17.3. The minimum atomic E-state index is -3.64. The van der Waals surface area contributed by atoms with Gasteiger partial charge in [-0.15, -0.1) is 11.3 Å². The molecule has 1 aliphatic rings. The number of amides is 1. The van der Waals surface area contributed by atoms with Gasteiger partial charge in [-0.3, -0.25) is 9.52 Å². The number of benzene rings is 1. The Morgan fingerprint density at radius 1 is 1.33 bits per heavy atom. The fraction of sp³-hybridized carbons (Fsp3) is 0.312. The summed E-state index contributed by atoms with van der Waals surface area (Å²) in [5, 5.41) is 0.546. The minimum absolute atomic E-state index is 0.0931. The normalized spacial score (nSPS) is 14.3. The quantitative estimate of drug-likeness (QED) is 0.877. The first kappa shape index (κ1) is 17.3. The smallest absolute Gasteiger partial charge is 0.271 e. The van der Waals surface area contributed by atoms with Gasteiger partial charge in [0.2, 0.25) is 5.91 Å². The van der Waals surface area contributed by atoms with Crippen LogP contribution in [0, 0.1) is 0 Å². The highest BCUT2D eigenvalue weighted by atomic mass is 35.5. The van der Waals surface area contributed by atoms with Crippen molar-refractivity contribution in [2.24, 2.45) is 0 Å². The number of nitrogens with one attached hydrogen (secondary N) is 1. The molecular weight excluding hydrogens is 368 g/mol. The van der Waals surface area contributed by atoms with Crippen LogP contribution < -0.4 is 4.72 Å². The summed E-state index contributed by atoms with van der Waals surface area (Å²) in [6, 6.07) is 8.18. The van der Waals surface area contributed by atoms with E-state index >= 15 is 0 Å². The molecule has 0 radical (unpaired) electrons. The number of anilines is 1. The fourth-order valence-corrected chi connectivity index (χ4v) is 5.33. The molecule has 1 N–H and O–H groups in total. The molecule has 5 nitrogen and oxygen atoms in total. The third kappa shape index (κ3) is 3.58. The van der Waals surface area contributed by atoms with Gasteiger partial charge in [0.25, 0.3) is 10.0 Å². The summed E-state index contributed by atoms with van der Waals surface area (Å²) in [6.45, 7) is 2.96. The minimum Gasteiger partial charge on any atom is -0.338 e. The summed E-state index contributed by atoms with van der Waals surface area (Å²) in [7, 11) is -3.64. The Morgan fingerprint density at radius 2 is 2.04 bits per heavy atom. The Labute approximate surface area is 150 Å². The largest absolute Gasteiger partial charge is 0.338 e. The molecule has 0 saturated carbocycles. The van der Waals surface area contributed by atoms with Gasteiger partial charge in [-0.2, -0.15) is 0 Å². The maximum Gasteiger partial charge on any atom is 0.271 e. The SMILES string of the molecule is CCC(=O)N1CCc2sc(S(=O)(=O)Nc3ccc(Cl)cc3)cc2C1. The number of nitrogens with zero attached hydrogens (tertiary/aromatic N) is 1. The van der Waals surface area contributed by atoms with Crippen LogP contribution in [0.5, 0.6) is 0 Å². The molecule has 0 saturated heterocycles. The van der Waals surface area contributed by atoms with Crippen LogP contribution in [0.15, 0.2) is 34.5 Å². The summed E-state index contributed by atoms with van der Waals surface area (Å²) in [4.78, 5) is 14.6. The Morgan fingerprint density at radius 3 is 2.71 bits per heavy atom. The first-order valence-electron chi connectivity index (χ1n) is 7.57. The molecule has 24 heavy (non-hydrogen) atoms. The predicted molar refractivity (Wildman–Crippen MR) is 96.0 cm³/mol. The van der Waals surface area contributed by atoms with Crippen LogP contribution in [0.2, 0.25) is 5.02 Å². The Bertz CT molecular complexity index is 860. The molecule has 0 spiro atoms. The third-order valence-corrected chi connectivity index (χ3v) is 7.20. The first-order valence-corrected chi connectivity index (χ1v) is 10.2. The predicted octanol–water partition coefficient (Wildman–Crippen LogP) is 3.50. The van der Waals surface area contributed by atoms with Gasteiger partial charge in [0.1, 0.15) is 4.21 Å². The summed E-state index contributed by atoms with van der Waals surface area (Å²) >= 11 is 7.08. The van der Waals surface area contributed by atoms with E-state index in [1.807, 2.05) is 6.92 Å². The van der Waals surface area contributed by atoms with E-state index in [9.17, 15) is 13.2 Å². The third-order valence-electron chi connectivity index (χ3n) is 3.86. The van der Waals surface area contributed by atoms with Crippen molar-refractivity contribution < 1.29 is 13.2 Å². The molecule has 8 heteroatoms. The number of carbonyl (C=O) groups excluding carboxylic acids is 1. The van der Waals surface area contributed by atoms with E-state index in [1.54, 1.807) is 35.2 Å². The average Bonchev–Trinajstić information content (AvgIpc) is 3.00. The van der Waals surface area contributed by atoms with Crippen molar-refractivity contribution in [1.29, 1.82) is 0 Å². The topological polar surface area (TPSA) is 66.5 Å². The van der Waals surface area contributed by atoms with Crippen LogP contribution in [-0.2, 0) is 27.8 Å². The summed E-state index contributed by atoms with van der Waals surface area (Å²) in [6.07, 6.45) is 1.16. The van der Waals surface area contributed by atoms with Gasteiger partial charge in [-0.05, 0) is 42.3 Å². The lowest BCUT2D eigenvalue weighted by Crippen LogP contribution is -2.34. The fourth-order valence-electron chi connectivity index (χ4n) is 2.60. The van der Waals surface area contributed by atoms with Crippen molar-refractivity contribution >= 4 is 44.6 Å². The van der Waals surface area contributed by atoms with Crippen LogP contribution in [0.25, 0.3) is 0 Å². The maximum absolute atomic E-state index is 12.6. The molecular formula is C16H17ClN2O3S2. The number of sulfonamides is 1. The van der Waals surface area contributed by atoms with Gasteiger partial charge in [0.05, 0.1) is 0 Å². The van der Waals surface area contributed by atoms with Crippen LogP contribution in [-0.4, -0.2) is 25.8 Å². The number of hydrogen-bond donors (Lipinski definition) is 1. The van der Waals surface area contributed by atoms with Crippen LogP contribution in [0.4, 0.5) is 5.69 Å². The second-order valence-electron chi connectivity index (χ2n) is 5.55. The van der Waals surface area contributed by atoms with Gasteiger partial charge in [0.15, 0.2) is 0 Å². The Hall–Kier alpha value is -1.57. The standard InChI is InChI=1S/C16H17ClN2O3S2/c1-2-15(20)19-8-7-14-11(10-19)9-16(23-14)24(21,22)18-13-5-3-12(17)4-6-13/h3-6,9,18H,2,7-8,10H2,1H3. The zero-order valence-corrected chi connectivity index (χ0v) is 15.5. The summed E-state index contributed by atoms with van der Waals surface area (Å²) in [5.41, 5.74) is 1.39. The number of hydrogen-bond acceptors (Lipinski definition) is 4. The Kier molecular flexibility index (Phi) is 4.85. The lowest BCUT2D eigenvalue weighted by atomic mass is 10.1. The van der Waals surface area contributed by atoms with E-state index in [1.165, 1.54) is 11.3 Å². The molecule has 2 aromatic rings. The molecule has 1 aromatic carbocycles. The number of fused-ring (bicyclic) bond motifs is 1. The Balaban J connectivity index is 1.82. The van der Waals surface area contributed by atoms with Crippen LogP contribution >= 0.6 is 22.9 Å². The van der Waals surface area contributed by atoms with Crippen molar-refractivity contribution in [3.8, 4) is 0 Å². The molecule has 1 aromatic heterocycles. The van der Waals surface area contributed by atoms with Gasteiger partial charge in [0, 0.05) is 35.1 Å². The molecule has 0 bridgehead atoms. The van der Waals surface area contributed by atoms with Crippen molar-refractivity contribution in [2.45, 2.75) is 30.5 Å². The molecule has 0 aliphatic carbocycles. The van der Waals surface area contributed by atoms with Gasteiger partial charge in [-0.25, -0.2) is 8.42 Å². The van der Waals surface area contributed by atoms with E-state index in [-0.39, 0.29) is 10.1 Å². The number of thiophene rings is 1. The molecule has 3 rings (SSSR count). The summed E-state index contributed by atoms with van der Waals surface area (Å²) < 4.78 is 28.0. The molecule has 0 atom stereocenters. The average molecular weight is 385 g/mol. The van der Waals surface area contributed by atoms with E-state index in [0.717, 1.165) is 10.4 Å². The van der Waals surface area contributed by atoms with Gasteiger partial charge < -0.3 is 4.90 Å². The zero-order valence-electron chi connectivity index (χ0n) is 13.1. The van der Waals surface area contributed by atoms with E-state index in [0.29, 0.717) is 36.6 Å². The second-order valence-corrected chi connectivity index (χ2v) is 9.03. The molecule has 1 amide bonds. The maximum atomic E-state index is 12.6. The lowest BCUT2D eigenvalue weighted by molar-refractivity contribution is -0.131. The van der Waals surface area contributed by atoms with Gasteiger partial charge >= 0.3 is 0 Å². The van der Waals surface area contributed by atoms with Crippen LogP contribution in [0.3, 0.4) is 0 Å². The second kappa shape index (κ2) is 6.74. The lowest BCUT2D eigenvalue weighted by Gasteiger charge is -2.26. The van der Waals surface area contributed by atoms with Crippen molar-refractivity contribution in [1.82, 2.24) is 4.90 Å². The van der Waals surface area contributed by atoms with Gasteiger partial charge in [-0.1, -0.05) is 18.5 Å². The van der Waals surface area contributed by atoms with Crippen molar-refractivity contribution in [3.05, 3.63) is 45.8 Å². The van der Waals surface area contributed by atoms with E-state index < -0.39 is 10.0 Å². The van der Waals surface area contributed by atoms with Crippen molar-refractivity contribution in [2.75, 3.05) is 11.3 Å². The number of rotatable bonds is 4. The first-order chi connectivity index (χ1) is 11.4. The number of carbonyl (C=O) groups is 1. The summed E-state index contributed by atoms with van der Waals surface area (Å²) in [5.74, 6) is 0.0931. The molecule has 2 heterocycles. The monoisotopic (exact) mass is 384 g/mol. The molecule has 1 aliphatic heterocycles. The highest BCUT2D eigenvalue weighted by molar-refractivity contribution is 7.94. The molecule has 128 valence electrons. The highest BCUT2D eigenvalue weighted by Gasteiger charge is 2.26. The number of halogens is 1. The van der Waals surface area contributed by atoms with E-state index in [2.05, 4.69) is 4.72 Å². The van der Waals surface area contributed by atoms with Crippen molar-refractivity contribution in [3.63, 3.8) is 0 Å². The van der Waals surface area contributed by atoms with Crippen LogP contribution in [0.1, 0.15) is 23.8 Å². The molecule has 0 fully saturated rings. The highest BCUT2D eigenvalue weighted by Crippen LogP contribution is 2.32.